The first kappa shape index (κ1) is 18.8. The van der Waals surface area contributed by atoms with Gasteiger partial charge in [0.25, 0.3) is 5.91 Å². The standard InChI is InChI=1S/C17H21ClN4O.ClH/c1-11-16(12(2)21(3)20-11)17(23)22-8-7-19-10-15(22)13-5-4-6-14(18)9-13;/h4-6,9,15,19H,7-8,10H2,1-3H3;1H. The second-order valence-corrected chi connectivity index (χ2v) is 6.38. The van der Waals surface area contributed by atoms with Crippen molar-refractivity contribution in [3.63, 3.8) is 0 Å². The number of rotatable bonds is 2. The maximum atomic E-state index is 13.1. The fourth-order valence-electron chi connectivity index (χ4n) is 3.19. The molecule has 1 atom stereocenters. The molecule has 130 valence electrons. The molecular weight excluding hydrogens is 347 g/mol. The number of hydrogen-bond acceptors (Lipinski definition) is 3. The van der Waals surface area contributed by atoms with Crippen LogP contribution in [0.2, 0.25) is 5.02 Å². The minimum atomic E-state index is -0.0195. The van der Waals surface area contributed by atoms with E-state index in [9.17, 15) is 4.79 Å². The third-order valence-electron chi connectivity index (χ3n) is 4.46. The van der Waals surface area contributed by atoms with E-state index in [1.165, 1.54) is 0 Å². The summed E-state index contributed by atoms with van der Waals surface area (Å²) in [7, 11) is 1.87. The molecule has 1 fully saturated rings. The van der Waals surface area contributed by atoms with E-state index in [0.29, 0.717) is 17.1 Å². The van der Waals surface area contributed by atoms with Gasteiger partial charge in [-0.25, -0.2) is 0 Å². The Morgan fingerprint density at radius 3 is 2.75 bits per heavy atom. The molecule has 1 aromatic carbocycles. The largest absolute Gasteiger partial charge is 0.329 e. The lowest BCUT2D eigenvalue weighted by atomic mass is 10.0. The zero-order valence-electron chi connectivity index (χ0n) is 14.0. The van der Waals surface area contributed by atoms with Gasteiger partial charge in [-0.3, -0.25) is 9.48 Å². The lowest BCUT2D eigenvalue weighted by molar-refractivity contribution is 0.0632. The highest BCUT2D eigenvalue weighted by Crippen LogP contribution is 2.27. The molecule has 1 aromatic heterocycles. The summed E-state index contributed by atoms with van der Waals surface area (Å²) in [5.41, 5.74) is 3.44. The summed E-state index contributed by atoms with van der Waals surface area (Å²) >= 11 is 6.12. The molecule has 1 aliphatic rings. The summed E-state index contributed by atoms with van der Waals surface area (Å²) in [5, 5.41) is 8.43. The van der Waals surface area contributed by atoms with Crippen molar-refractivity contribution in [2.75, 3.05) is 19.6 Å². The Balaban J connectivity index is 0.00000208. The summed E-state index contributed by atoms with van der Waals surface area (Å²) in [4.78, 5) is 15.1. The zero-order chi connectivity index (χ0) is 16.6. The van der Waals surface area contributed by atoms with Gasteiger partial charge in [0.15, 0.2) is 0 Å². The van der Waals surface area contributed by atoms with Gasteiger partial charge >= 0.3 is 0 Å². The number of carbonyl (C=O) groups is 1. The molecule has 7 heteroatoms. The summed E-state index contributed by atoms with van der Waals surface area (Å²) < 4.78 is 1.76. The topological polar surface area (TPSA) is 50.2 Å². The molecule has 0 radical (unpaired) electrons. The Kier molecular flexibility index (Phi) is 5.91. The van der Waals surface area contributed by atoms with E-state index in [1.807, 2.05) is 50.1 Å². The maximum absolute atomic E-state index is 13.1. The van der Waals surface area contributed by atoms with E-state index in [2.05, 4.69) is 10.4 Å². The molecule has 0 saturated carbocycles. The van der Waals surface area contributed by atoms with E-state index >= 15 is 0 Å². The van der Waals surface area contributed by atoms with E-state index in [4.69, 9.17) is 11.6 Å². The molecule has 0 spiro atoms. The van der Waals surface area contributed by atoms with Crippen LogP contribution in [0.1, 0.15) is 33.4 Å². The number of nitrogens with one attached hydrogen (secondary N) is 1. The molecule has 1 N–H and O–H groups in total. The van der Waals surface area contributed by atoms with Crippen molar-refractivity contribution in [2.45, 2.75) is 19.9 Å². The number of hydrogen-bond donors (Lipinski definition) is 1. The molecule has 1 amide bonds. The highest BCUT2D eigenvalue weighted by Gasteiger charge is 2.31. The molecule has 5 nitrogen and oxygen atoms in total. The van der Waals surface area contributed by atoms with Gasteiger partial charge in [-0.05, 0) is 31.5 Å². The highest BCUT2D eigenvalue weighted by molar-refractivity contribution is 6.30. The van der Waals surface area contributed by atoms with Crippen LogP contribution < -0.4 is 5.32 Å². The van der Waals surface area contributed by atoms with Gasteiger partial charge in [0.1, 0.15) is 0 Å². The fraction of sp³-hybridized carbons (Fsp3) is 0.412. The molecular formula is C17H22Cl2N4O. The van der Waals surface area contributed by atoms with Gasteiger partial charge in [0.2, 0.25) is 0 Å². The van der Waals surface area contributed by atoms with Crippen molar-refractivity contribution in [1.82, 2.24) is 20.0 Å². The molecule has 0 bridgehead atoms. The van der Waals surface area contributed by atoms with Crippen molar-refractivity contribution in [2.24, 2.45) is 7.05 Å². The van der Waals surface area contributed by atoms with Gasteiger partial charge in [-0.1, -0.05) is 23.7 Å². The van der Waals surface area contributed by atoms with E-state index in [-0.39, 0.29) is 24.4 Å². The average molecular weight is 369 g/mol. The Bertz CT molecular complexity index is 744. The van der Waals surface area contributed by atoms with E-state index < -0.39 is 0 Å². The number of piperazine rings is 1. The Morgan fingerprint density at radius 2 is 2.12 bits per heavy atom. The average Bonchev–Trinajstić information content (AvgIpc) is 2.79. The first-order valence-corrected chi connectivity index (χ1v) is 8.14. The van der Waals surface area contributed by atoms with Crippen LogP contribution in [-0.2, 0) is 7.05 Å². The van der Waals surface area contributed by atoms with Crippen molar-refractivity contribution >= 4 is 29.9 Å². The third-order valence-corrected chi connectivity index (χ3v) is 4.70. The summed E-state index contributed by atoms with van der Waals surface area (Å²) in [6.45, 7) is 6.01. The van der Waals surface area contributed by atoms with Crippen LogP contribution in [0.25, 0.3) is 0 Å². The Morgan fingerprint density at radius 1 is 1.38 bits per heavy atom. The van der Waals surface area contributed by atoms with Crippen LogP contribution in [0, 0.1) is 13.8 Å². The Hall–Kier alpha value is -1.56. The quantitative estimate of drug-likeness (QED) is 0.886. The Labute approximate surface area is 153 Å². The maximum Gasteiger partial charge on any atom is 0.258 e. The summed E-state index contributed by atoms with van der Waals surface area (Å²) in [5.74, 6) is 0.0413. The van der Waals surface area contributed by atoms with Crippen LogP contribution in [0.15, 0.2) is 24.3 Å². The summed E-state index contributed by atoms with van der Waals surface area (Å²) in [6.07, 6.45) is 0. The molecule has 1 unspecified atom stereocenters. The second-order valence-electron chi connectivity index (χ2n) is 5.94. The first-order chi connectivity index (χ1) is 11.0. The van der Waals surface area contributed by atoms with Crippen molar-refractivity contribution in [3.8, 4) is 0 Å². The number of amides is 1. The lowest BCUT2D eigenvalue weighted by Gasteiger charge is -2.36. The SMILES string of the molecule is Cc1nn(C)c(C)c1C(=O)N1CCNCC1c1cccc(Cl)c1.Cl. The minimum Gasteiger partial charge on any atom is -0.329 e. The van der Waals surface area contributed by atoms with Crippen molar-refractivity contribution < 1.29 is 4.79 Å². The van der Waals surface area contributed by atoms with E-state index in [1.54, 1.807) is 4.68 Å². The molecule has 1 saturated heterocycles. The number of carbonyl (C=O) groups excluding carboxylic acids is 1. The number of halogens is 2. The molecule has 2 heterocycles. The van der Waals surface area contributed by atoms with Gasteiger partial charge in [-0.15, -0.1) is 12.4 Å². The van der Waals surface area contributed by atoms with E-state index in [0.717, 1.165) is 30.0 Å². The van der Waals surface area contributed by atoms with Crippen LogP contribution in [-0.4, -0.2) is 40.2 Å². The monoisotopic (exact) mass is 368 g/mol. The van der Waals surface area contributed by atoms with Gasteiger partial charge in [0.05, 0.1) is 17.3 Å². The summed E-state index contributed by atoms with van der Waals surface area (Å²) in [6, 6.07) is 7.71. The predicted octanol–water partition coefficient (Wildman–Crippen LogP) is 2.90. The normalized spacial score (nSPS) is 17.5. The van der Waals surface area contributed by atoms with Gasteiger partial charge < -0.3 is 10.2 Å². The highest BCUT2D eigenvalue weighted by atomic mass is 35.5. The minimum absolute atomic E-state index is 0. The van der Waals surface area contributed by atoms with Crippen LogP contribution in [0.3, 0.4) is 0 Å². The van der Waals surface area contributed by atoms with Crippen LogP contribution in [0.4, 0.5) is 0 Å². The molecule has 3 rings (SSSR count). The predicted molar refractivity (Wildman–Crippen MR) is 98.0 cm³/mol. The van der Waals surface area contributed by atoms with Gasteiger partial charge in [-0.2, -0.15) is 5.10 Å². The van der Waals surface area contributed by atoms with Crippen molar-refractivity contribution in [3.05, 3.63) is 51.8 Å². The molecule has 0 aliphatic carbocycles. The fourth-order valence-corrected chi connectivity index (χ4v) is 3.38. The first-order valence-electron chi connectivity index (χ1n) is 7.76. The molecule has 1 aliphatic heterocycles. The van der Waals surface area contributed by atoms with Crippen LogP contribution >= 0.6 is 24.0 Å². The lowest BCUT2D eigenvalue weighted by Crippen LogP contribution is -2.48. The third kappa shape index (κ3) is 3.43. The molecule has 2 aromatic rings. The zero-order valence-corrected chi connectivity index (χ0v) is 15.6. The number of nitrogens with zero attached hydrogens (tertiary/aromatic N) is 3. The number of aryl methyl sites for hydroxylation is 2. The van der Waals surface area contributed by atoms with Gasteiger partial charge in [0, 0.05) is 37.4 Å². The second kappa shape index (κ2) is 7.55. The van der Waals surface area contributed by atoms with Crippen LogP contribution in [0.5, 0.6) is 0 Å². The van der Waals surface area contributed by atoms with Crippen molar-refractivity contribution in [1.29, 1.82) is 0 Å². The number of aromatic nitrogens is 2. The smallest absolute Gasteiger partial charge is 0.258 e. The number of benzene rings is 1. The molecule has 24 heavy (non-hydrogen) atoms.